The Morgan fingerprint density at radius 3 is 2.50 bits per heavy atom. The lowest BCUT2D eigenvalue weighted by Gasteiger charge is -2.15. The van der Waals surface area contributed by atoms with Gasteiger partial charge in [0.25, 0.3) is 0 Å². The van der Waals surface area contributed by atoms with Gasteiger partial charge in [0.1, 0.15) is 0 Å². The van der Waals surface area contributed by atoms with Gasteiger partial charge in [-0.1, -0.05) is 18.2 Å². The minimum atomic E-state index is -3.41. The lowest BCUT2D eigenvalue weighted by Crippen LogP contribution is -2.27. The molecule has 0 saturated carbocycles. The van der Waals surface area contributed by atoms with E-state index >= 15 is 0 Å². The standard InChI is InChI=1S/C18H21N3O3S2/c1-14(19-20-18(22)13-16-5-4-12-25-16)15-6-8-17(9-7-15)26(23,24)21-10-2-3-11-21/h4-9,12H,2-3,10-11,13H2,1H3,(H,20,22)/b19-14+. The van der Waals surface area contributed by atoms with Gasteiger partial charge in [-0.3, -0.25) is 4.79 Å². The first-order valence-corrected chi connectivity index (χ1v) is 10.7. The topological polar surface area (TPSA) is 78.8 Å². The predicted molar refractivity (Wildman–Crippen MR) is 103 cm³/mol. The summed E-state index contributed by atoms with van der Waals surface area (Å²) in [6.07, 6.45) is 2.12. The molecule has 2 heterocycles. The number of hydrogen-bond donors (Lipinski definition) is 1. The number of thiophene rings is 1. The van der Waals surface area contributed by atoms with Crippen LogP contribution >= 0.6 is 11.3 Å². The van der Waals surface area contributed by atoms with Crippen molar-refractivity contribution in [2.75, 3.05) is 13.1 Å². The average Bonchev–Trinajstić information content (AvgIpc) is 3.34. The molecule has 6 nitrogen and oxygen atoms in total. The van der Waals surface area contributed by atoms with E-state index in [9.17, 15) is 13.2 Å². The van der Waals surface area contributed by atoms with Crippen LogP contribution in [0.4, 0.5) is 0 Å². The number of benzene rings is 1. The van der Waals surface area contributed by atoms with Crippen molar-refractivity contribution in [3.8, 4) is 0 Å². The summed E-state index contributed by atoms with van der Waals surface area (Å²) in [4.78, 5) is 13.2. The number of hydrazone groups is 1. The lowest BCUT2D eigenvalue weighted by molar-refractivity contribution is -0.120. The van der Waals surface area contributed by atoms with Crippen molar-refractivity contribution in [3.63, 3.8) is 0 Å². The molecule has 1 aliphatic rings. The third-order valence-electron chi connectivity index (χ3n) is 4.24. The summed E-state index contributed by atoms with van der Waals surface area (Å²) in [6, 6.07) is 10.4. The molecule has 0 spiro atoms. The summed E-state index contributed by atoms with van der Waals surface area (Å²) in [5, 5.41) is 6.03. The van der Waals surface area contributed by atoms with Gasteiger partial charge in [-0.05, 0) is 48.9 Å². The van der Waals surface area contributed by atoms with Crippen molar-refractivity contribution in [2.24, 2.45) is 5.10 Å². The molecular formula is C18H21N3O3S2. The molecule has 0 atom stereocenters. The number of nitrogens with zero attached hydrogens (tertiary/aromatic N) is 2. The molecule has 8 heteroatoms. The van der Waals surface area contributed by atoms with Crippen LogP contribution in [0.15, 0.2) is 51.8 Å². The van der Waals surface area contributed by atoms with E-state index in [1.54, 1.807) is 31.2 Å². The van der Waals surface area contributed by atoms with Crippen LogP contribution in [0.2, 0.25) is 0 Å². The highest BCUT2D eigenvalue weighted by molar-refractivity contribution is 7.89. The van der Waals surface area contributed by atoms with Crippen LogP contribution in [-0.4, -0.2) is 37.4 Å². The molecule has 1 aliphatic heterocycles. The molecule has 0 bridgehead atoms. The van der Waals surface area contributed by atoms with E-state index in [0.717, 1.165) is 23.3 Å². The van der Waals surface area contributed by atoms with Crippen LogP contribution in [0.1, 0.15) is 30.2 Å². The summed E-state index contributed by atoms with van der Waals surface area (Å²) < 4.78 is 26.6. The SMILES string of the molecule is C/C(=N\NC(=O)Cc1cccs1)c1ccc(S(=O)(=O)N2CCCC2)cc1. The number of hydrogen-bond acceptors (Lipinski definition) is 5. The van der Waals surface area contributed by atoms with Crippen molar-refractivity contribution in [3.05, 3.63) is 52.2 Å². The summed E-state index contributed by atoms with van der Waals surface area (Å²) in [6.45, 7) is 2.94. The smallest absolute Gasteiger partial charge is 0.245 e. The van der Waals surface area contributed by atoms with Crippen molar-refractivity contribution < 1.29 is 13.2 Å². The Kier molecular flexibility index (Phi) is 5.85. The summed E-state index contributed by atoms with van der Waals surface area (Å²) in [7, 11) is -3.41. The first-order valence-electron chi connectivity index (χ1n) is 8.43. The zero-order chi connectivity index (χ0) is 18.6. The number of rotatable bonds is 6. The second kappa shape index (κ2) is 8.11. The van der Waals surface area contributed by atoms with Crippen molar-refractivity contribution in [2.45, 2.75) is 31.1 Å². The number of amides is 1. The Balaban J connectivity index is 1.64. The largest absolute Gasteiger partial charge is 0.273 e. The van der Waals surface area contributed by atoms with Gasteiger partial charge in [-0.15, -0.1) is 11.3 Å². The fourth-order valence-electron chi connectivity index (χ4n) is 2.77. The molecule has 26 heavy (non-hydrogen) atoms. The first-order chi connectivity index (χ1) is 12.5. The highest BCUT2D eigenvalue weighted by atomic mass is 32.2. The monoisotopic (exact) mass is 391 g/mol. The van der Waals surface area contributed by atoms with Gasteiger partial charge in [-0.2, -0.15) is 9.41 Å². The van der Waals surface area contributed by atoms with E-state index in [1.807, 2.05) is 17.5 Å². The Morgan fingerprint density at radius 2 is 1.88 bits per heavy atom. The van der Waals surface area contributed by atoms with E-state index in [2.05, 4.69) is 10.5 Å². The number of nitrogens with one attached hydrogen (secondary N) is 1. The van der Waals surface area contributed by atoms with Crippen LogP contribution in [0.5, 0.6) is 0 Å². The van der Waals surface area contributed by atoms with E-state index in [0.29, 0.717) is 25.2 Å². The maximum absolute atomic E-state index is 12.5. The minimum absolute atomic E-state index is 0.181. The van der Waals surface area contributed by atoms with E-state index in [4.69, 9.17) is 0 Å². The first kappa shape index (κ1) is 18.8. The van der Waals surface area contributed by atoms with Gasteiger partial charge in [0.15, 0.2) is 0 Å². The molecule has 138 valence electrons. The third-order valence-corrected chi connectivity index (χ3v) is 7.03. The zero-order valence-corrected chi connectivity index (χ0v) is 16.1. The Bertz CT molecular complexity index is 882. The third kappa shape index (κ3) is 4.38. The summed E-state index contributed by atoms with van der Waals surface area (Å²) >= 11 is 1.53. The second-order valence-electron chi connectivity index (χ2n) is 6.12. The molecule has 1 aromatic heterocycles. The predicted octanol–water partition coefficient (Wildman–Crippen LogP) is 2.62. The van der Waals surface area contributed by atoms with Crippen LogP contribution in [0, 0.1) is 0 Å². The van der Waals surface area contributed by atoms with Crippen LogP contribution < -0.4 is 5.43 Å². The van der Waals surface area contributed by atoms with Gasteiger partial charge < -0.3 is 0 Å². The molecule has 1 fully saturated rings. The number of sulfonamides is 1. The van der Waals surface area contributed by atoms with Crippen LogP contribution in [0.25, 0.3) is 0 Å². The number of carbonyl (C=O) groups excluding carboxylic acids is 1. The van der Waals surface area contributed by atoms with E-state index in [1.165, 1.54) is 15.6 Å². The fourth-order valence-corrected chi connectivity index (χ4v) is 4.99. The van der Waals surface area contributed by atoms with Crippen molar-refractivity contribution in [1.82, 2.24) is 9.73 Å². The number of carbonyl (C=O) groups is 1. The molecule has 0 aliphatic carbocycles. The van der Waals surface area contributed by atoms with Crippen LogP contribution in [-0.2, 0) is 21.2 Å². The molecule has 1 saturated heterocycles. The van der Waals surface area contributed by atoms with Gasteiger partial charge >= 0.3 is 0 Å². The normalized spacial score (nSPS) is 16.0. The van der Waals surface area contributed by atoms with E-state index < -0.39 is 10.0 Å². The van der Waals surface area contributed by atoms with E-state index in [-0.39, 0.29) is 10.8 Å². The molecule has 1 N–H and O–H groups in total. The Labute approximate surface area is 157 Å². The maximum Gasteiger partial charge on any atom is 0.245 e. The van der Waals surface area contributed by atoms with Crippen LogP contribution in [0.3, 0.4) is 0 Å². The lowest BCUT2D eigenvalue weighted by atomic mass is 10.1. The van der Waals surface area contributed by atoms with Gasteiger partial charge in [0.05, 0.1) is 17.0 Å². The molecule has 0 radical (unpaired) electrons. The zero-order valence-electron chi connectivity index (χ0n) is 14.5. The molecule has 1 amide bonds. The quantitative estimate of drug-likeness (QED) is 0.607. The van der Waals surface area contributed by atoms with Gasteiger partial charge in [0.2, 0.25) is 15.9 Å². The Morgan fingerprint density at radius 1 is 1.19 bits per heavy atom. The van der Waals surface area contributed by atoms with Crippen molar-refractivity contribution >= 4 is 33.0 Å². The molecule has 2 aromatic rings. The fraction of sp³-hybridized carbons (Fsp3) is 0.333. The van der Waals surface area contributed by atoms with Crippen molar-refractivity contribution in [1.29, 1.82) is 0 Å². The molecule has 0 unspecified atom stereocenters. The van der Waals surface area contributed by atoms with Gasteiger partial charge in [0, 0.05) is 18.0 Å². The molecular weight excluding hydrogens is 370 g/mol. The highest BCUT2D eigenvalue weighted by Gasteiger charge is 2.26. The van der Waals surface area contributed by atoms with Gasteiger partial charge in [-0.25, -0.2) is 13.8 Å². The highest BCUT2D eigenvalue weighted by Crippen LogP contribution is 2.21. The molecule has 3 rings (SSSR count). The minimum Gasteiger partial charge on any atom is -0.273 e. The maximum atomic E-state index is 12.5. The summed E-state index contributed by atoms with van der Waals surface area (Å²) in [5.41, 5.74) is 3.92. The average molecular weight is 392 g/mol. The Hall–Kier alpha value is -2.03. The summed E-state index contributed by atoms with van der Waals surface area (Å²) in [5.74, 6) is -0.181. The molecule has 1 aromatic carbocycles. The second-order valence-corrected chi connectivity index (χ2v) is 9.09.